The number of hydrogen-bond acceptors (Lipinski definition) is 2. The summed E-state index contributed by atoms with van der Waals surface area (Å²) in [5, 5.41) is 0. The van der Waals surface area contributed by atoms with Gasteiger partial charge < -0.3 is 4.74 Å². The third-order valence-corrected chi connectivity index (χ3v) is 3.04. The first-order chi connectivity index (χ1) is 9.06. The second-order valence-corrected chi connectivity index (χ2v) is 4.85. The number of rotatable bonds is 4. The lowest BCUT2D eigenvalue weighted by molar-refractivity contribution is 0.0921. The first kappa shape index (κ1) is 13.3. The predicted molar refractivity (Wildman–Crippen MR) is 76.9 cm³/mol. The van der Waals surface area contributed by atoms with Gasteiger partial charge in [-0.2, -0.15) is 0 Å². The maximum Gasteiger partial charge on any atom is 0.200 e. The Morgan fingerprint density at radius 2 is 1.74 bits per heavy atom. The number of carbonyl (C=O) groups is 1. The van der Waals surface area contributed by atoms with Crippen LogP contribution in [0.3, 0.4) is 0 Å². The van der Waals surface area contributed by atoms with Gasteiger partial charge in [0.25, 0.3) is 0 Å². The summed E-state index contributed by atoms with van der Waals surface area (Å²) >= 11 is 0. The molecule has 0 saturated carbocycles. The number of aryl methyl sites for hydroxylation is 3. The van der Waals surface area contributed by atoms with Gasteiger partial charge in [0.05, 0.1) is 0 Å². The van der Waals surface area contributed by atoms with Gasteiger partial charge in [0.2, 0.25) is 0 Å². The Kier molecular flexibility index (Phi) is 4.00. The van der Waals surface area contributed by atoms with Crippen LogP contribution < -0.4 is 4.74 Å². The van der Waals surface area contributed by atoms with E-state index in [1.165, 1.54) is 0 Å². The topological polar surface area (TPSA) is 26.3 Å². The molecule has 0 N–H and O–H groups in total. The van der Waals surface area contributed by atoms with Crippen molar-refractivity contribution in [1.82, 2.24) is 0 Å². The average Bonchev–Trinajstić information content (AvgIpc) is 2.39. The number of hydrogen-bond donors (Lipinski definition) is 0. The molecule has 0 aromatic heterocycles. The van der Waals surface area contributed by atoms with Crippen LogP contribution >= 0.6 is 0 Å². The van der Waals surface area contributed by atoms with Gasteiger partial charge in [0.1, 0.15) is 5.75 Å². The fourth-order valence-corrected chi connectivity index (χ4v) is 1.91. The summed E-state index contributed by atoms with van der Waals surface area (Å²) in [6, 6.07) is 13.6. The molecule has 2 rings (SSSR count). The molecule has 0 amide bonds. The summed E-state index contributed by atoms with van der Waals surface area (Å²) < 4.78 is 5.62. The van der Waals surface area contributed by atoms with Crippen molar-refractivity contribution >= 4 is 5.78 Å². The second kappa shape index (κ2) is 5.70. The first-order valence-corrected chi connectivity index (χ1v) is 6.36. The molecule has 0 heterocycles. The van der Waals surface area contributed by atoms with Gasteiger partial charge in [0, 0.05) is 5.56 Å². The van der Waals surface area contributed by atoms with Crippen LogP contribution in [0.15, 0.2) is 42.5 Å². The van der Waals surface area contributed by atoms with E-state index in [4.69, 9.17) is 4.74 Å². The van der Waals surface area contributed by atoms with Gasteiger partial charge in [-0.3, -0.25) is 4.79 Å². The normalized spacial score (nSPS) is 10.3. The van der Waals surface area contributed by atoms with Crippen molar-refractivity contribution in [3.8, 4) is 5.75 Å². The van der Waals surface area contributed by atoms with Crippen molar-refractivity contribution in [1.29, 1.82) is 0 Å². The molecule has 0 unspecified atom stereocenters. The molecule has 0 saturated heterocycles. The minimum atomic E-state index is 0.00426. The average molecular weight is 254 g/mol. The highest BCUT2D eigenvalue weighted by atomic mass is 16.5. The van der Waals surface area contributed by atoms with Gasteiger partial charge in [-0.1, -0.05) is 35.9 Å². The lowest BCUT2D eigenvalue weighted by Crippen LogP contribution is -2.12. The summed E-state index contributed by atoms with van der Waals surface area (Å²) in [7, 11) is 0. The fourth-order valence-electron chi connectivity index (χ4n) is 1.91. The third-order valence-electron chi connectivity index (χ3n) is 3.04. The predicted octanol–water partition coefficient (Wildman–Crippen LogP) is 3.87. The Balaban J connectivity index is 2.06. The Hall–Kier alpha value is -2.09. The van der Waals surface area contributed by atoms with Crippen molar-refractivity contribution in [2.24, 2.45) is 0 Å². The van der Waals surface area contributed by atoms with Crippen molar-refractivity contribution in [2.45, 2.75) is 20.8 Å². The smallest absolute Gasteiger partial charge is 0.200 e. The molecule has 0 aliphatic rings. The molecule has 0 spiro atoms. The van der Waals surface area contributed by atoms with Crippen molar-refractivity contribution in [3.05, 3.63) is 64.7 Å². The van der Waals surface area contributed by atoms with Gasteiger partial charge >= 0.3 is 0 Å². The van der Waals surface area contributed by atoms with Gasteiger partial charge in [-0.25, -0.2) is 0 Å². The molecule has 0 bridgehead atoms. The van der Waals surface area contributed by atoms with E-state index in [1.807, 2.05) is 63.2 Å². The minimum Gasteiger partial charge on any atom is -0.485 e. The van der Waals surface area contributed by atoms with Crippen molar-refractivity contribution in [3.63, 3.8) is 0 Å². The summed E-state index contributed by atoms with van der Waals surface area (Å²) in [6.45, 7) is 6.04. The van der Waals surface area contributed by atoms with Crippen LogP contribution in [-0.4, -0.2) is 12.4 Å². The zero-order valence-electron chi connectivity index (χ0n) is 11.6. The minimum absolute atomic E-state index is 0.00426. The van der Waals surface area contributed by atoms with E-state index in [1.54, 1.807) is 0 Å². The molecule has 0 fully saturated rings. The standard InChI is InChI=1S/C17H18O2/c1-12-5-4-6-15(9-12)16(18)11-19-17-10-13(2)7-8-14(17)3/h4-10H,11H2,1-3H3. The van der Waals surface area contributed by atoms with E-state index in [0.29, 0.717) is 5.56 Å². The van der Waals surface area contributed by atoms with Crippen LogP contribution in [0.4, 0.5) is 0 Å². The van der Waals surface area contributed by atoms with Crippen LogP contribution in [0.1, 0.15) is 27.0 Å². The second-order valence-electron chi connectivity index (χ2n) is 4.85. The molecule has 19 heavy (non-hydrogen) atoms. The molecular formula is C17H18O2. The molecular weight excluding hydrogens is 236 g/mol. The molecule has 2 aromatic rings. The maximum atomic E-state index is 12.0. The van der Waals surface area contributed by atoms with Gasteiger partial charge in [-0.05, 0) is 44.0 Å². The van der Waals surface area contributed by atoms with Crippen LogP contribution in [0.5, 0.6) is 5.75 Å². The Morgan fingerprint density at radius 1 is 1.00 bits per heavy atom. The number of ketones is 1. The molecule has 0 aliphatic carbocycles. The highest BCUT2D eigenvalue weighted by Gasteiger charge is 2.08. The van der Waals surface area contributed by atoms with Crippen molar-refractivity contribution in [2.75, 3.05) is 6.61 Å². The summed E-state index contributed by atoms with van der Waals surface area (Å²) in [6.07, 6.45) is 0. The molecule has 0 atom stereocenters. The number of benzene rings is 2. The SMILES string of the molecule is Cc1cccc(C(=O)COc2cc(C)ccc2C)c1. The lowest BCUT2D eigenvalue weighted by Gasteiger charge is -2.09. The molecule has 98 valence electrons. The number of ether oxygens (including phenoxy) is 1. The van der Waals surface area contributed by atoms with Gasteiger partial charge in [0.15, 0.2) is 12.4 Å². The molecule has 0 radical (unpaired) electrons. The van der Waals surface area contributed by atoms with E-state index in [2.05, 4.69) is 0 Å². The number of Topliss-reactive ketones (excluding diaryl/α,β-unsaturated/α-hetero) is 1. The maximum absolute atomic E-state index is 12.0. The quantitative estimate of drug-likeness (QED) is 0.774. The van der Waals surface area contributed by atoms with Crippen LogP contribution in [0, 0.1) is 20.8 Å². The zero-order valence-corrected chi connectivity index (χ0v) is 11.6. The molecule has 0 aliphatic heterocycles. The molecule has 2 heteroatoms. The Labute approximate surface area is 114 Å². The van der Waals surface area contributed by atoms with E-state index in [0.717, 1.165) is 22.4 Å². The van der Waals surface area contributed by atoms with Crippen LogP contribution in [0.25, 0.3) is 0 Å². The highest BCUT2D eigenvalue weighted by Crippen LogP contribution is 2.19. The van der Waals surface area contributed by atoms with E-state index in [-0.39, 0.29) is 12.4 Å². The first-order valence-electron chi connectivity index (χ1n) is 6.36. The molecule has 2 nitrogen and oxygen atoms in total. The summed E-state index contributed by atoms with van der Waals surface area (Å²) in [5.41, 5.74) is 3.95. The van der Waals surface area contributed by atoms with Gasteiger partial charge in [-0.15, -0.1) is 0 Å². The summed E-state index contributed by atoms with van der Waals surface area (Å²) in [4.78, 5) is 12.0. The molecule has 2 aromatic carbocycles. The van der Waals surface area contributed by atoms with E-state index < -0.39 is 0 Å². The largest absolute Gasteiger partial charge is 0.485 e. The lowest BCUT2D eigenvalue weighted by atomic mass is 10.1. The zero-order chi connectivity index (χ0) is 13.8. The van der Waals surface area contributed by atoms with E-state index >= 15 is 0 Å². The van der Waals surface area contributed by atoms with E-state index in [9.17, 15) is 4.79 Å². The Morgan fingerprint density at radius 3 is 2.47 bits per heavy atom. The Bertz CT molecular complexity index is 600. The van der Waals surface area contributed by atoms with Crippen molar-refractivity contribution < 1.29 is 9.53 Å². The highest BCUT2D eigenvalue weighted by molar-refractivity contribution is 5.97. The van der Waals surface area contributed by atoms with Crippen LogP contribution in [-0.2, 0) is 0 Å². The van der Waals surface area contributed by atoms with Crippen LogP contribution in [0.2, 0.25) is 0 Å². The number of carbonyl (C=O) groups excluding carboxylic acids is 1. The summed E-state index contributed by atoms with van der Waals surface area (Å²) in [5.74, 6) is 0.783. The fraction of sp³-hybridized carbons (Fsp3) is 0.235. The monoisotopic (exact) mass is 254 g/mol. The third kappa shape index (κ3) is 3.44.